The van der Waals surface area contributed by atoms with Gasteiger partial charge < -0.3 is 15.7 Å². The number of hydrogen-bond acceptors (Lipinski definition) is 5. The van der Waals surface area contributed by atoms with E-state index in [1.807, 2.05) is 0 Å². The molecule has 1 unspecified atom stereocenters. The molecule has 0 spiro atoms. The zero-order valence-corrected chi connectivity index (χ0v) is 11.6. The number of hydrogen-bond donors (Lipinski definition) is 2. The second-order valence-corrected chi connectivity index (χ2v) is 6.95. The van der Waals surface area contributed by atoms with Crippen LogP contribution in [-0.2, 0) is 19.4 Å². The summed E-state index contributed by atoms with van der Waals surface area (Å²) in [7, 11) is -3.14. The average Bonchev–Trinajstić information content (AvgIpc) is 2.66. The van der Waals surface area contributed by atoms with Crippen LogP contribution < -0.4 is 5.73 Å². The summed E-state index contributed by atoms with van der Waals surface area (Å²) >= 11 is 0. The number of carboxylic acids is 1. The lowest BCUT2D eigenvalue weighted by molar-refractivity contribution is -0.146. The van der Waals surface area contributed by atoms with Crippen molar-refractivity contribution < 1.29 is 23.1 Å². The van der Waals surface area contributed by atoms with Crippen LogP contribution in [-0.4, -0.2) is 60.9 Å². The van der Waals surface area contributed by atoms with E-state index < -0.39 is 28.4 Å². The Morgan fingerprint density at radius 1 is 1.32 bits per heavy atom. The largest absolute Gasteiger partial charge is 0.480 e. The summed E-state index contributed by atoms with van der Waals surface area (Å²) in [6.07, 6.45) is 1.81. The van der Waals surface area contributed by atoms with E-state index in [1.54, 1.807) is 0 Å². The summed E-state index contributed by atoms with van der Waals surface area (Å²) in [5, 5.41) is 8.83. The van der Waals surface area contributed by atoms with Crippen LogP contribution in [0.2, 0.25) is 0 Å². The number of nitrogens with two attached hydrogens (primary N) is 1. The molecule has 0 aromatic rings. The first-order chi connectivity index (χ1) is 8.85. The molecular formula is C11H20N2O5S. The Kier molecular flexibility index (Phi) is 5.74. The molecule has 0 aromatic heterocycles. The number of carbonyl (C=O) groups is 2. The summed E-state index contributed by atoms with van der Waals surface area (Å²) in [4.78, 5) is 24.0. The maximum atomic E-state index is 12.0. The van der Waals surface area contributed by atoms with Gasteiger partial charge in [0, 0.05) is 12.5 Å². The first-order valence-corrected chi connectivity index (χ1v) is 8.09. The highest BCUT2D eigenvalue weighted by atomic mass is 32.2. The fraction of sp³-hybridized carbons (Fsp3) is 0.818. The molecule has 1 amide bonds. The summed E-state index contributed by atoms with van der Waals surface area (Å²) < 4.78 is 22.8. The number of unbranched alkanes of at least 4 members (excludes halogenated alkanes) is 1. The maximum Gasteiger partial charge on any atom is 0.323 e. The number of amides is 1. The minimum Gasteiger partial charge on any atom is -0.480 e. The minimum atomic E-state index is -3.14. The molecule has 1 rings (SSSR count). The Morgan fingerprint density at radius 3 is 2.47 bits per heavy atom. The zero-order valence-electron chi connectivity index (χ0n) is 10.7. The van der Waals surface area contributed by atoms with E-state index in [9.17, 15) is 18.0 Å². The molecule has 1 saturated heterocycles. The molecule has 0 aromatic carbocycles. The van der Waals surface area contributed by atoms with Gasteiger partial charge in [-0.3, -0.25) is 9.59 Å². The molecule has 3 N–H and O–H groups in total. The Balaban J connectivity index is 2.66. The van der Waals surface area contributed by atoms with E-state index >= 15 is 0 Å². The van der Waals surface area contributed by atoms with Crippen molar-refractivity contribution in [1.29, 1.82) is 0 Å². The van der Waals surface area contributed by atoms with Gasteiger partial charge >= 0.3 is 5.97 Å². The van der Waals surface area contributed by atoms with Crippen molar-refractivity contribution in [2.75, 3.05) is 24.6 Å². The van der Waals surface area contributed by atoms with Gasteiger partial charge in [0.2, 0.25) is 5.91 Å². The smallest absolute Gasteiger partial charge is 0.323 e. The molecule has 19 heavy (non-hydrogen) atoms. The van der Waals surface area contributed by atoms with Gasteiger partial charge in [-0.05, 0) is 25.8 Å². The normalized spacial score (nSPS) is 21.2. The zero-order chi connectivity index (χ0) is 14.5. The third kappa shape index (κ3) is 5.15. The molecule has 1 fully saturated rings. The second kappa shape index (κ2) is 6.85. The lowest BCUT2D eigenvalue weighted by Crippen LogP contribution is -2.44. The number of aliphatic carboxylic acids is 1. The van der Waals surface area contributed by atoms with Crippen molar-refractivity contribution in [3.8, 4) is 0 Å². The predicted octanol–water partition coefficient (Wildman–Crippen LogP) is -0.784. The first kappa shape index (κ1) is 15.9. The van der Waals surface area contributed by atoms with Crippen LogP contribution in [0.5, 0.6) is 0 Å². The minimum absolute atomic E-state index is 0.0177. The maximum absolute atomic E-state index is 12.0. The fourth-order valence-electron chi connectivity index (χ4n) is 2.15. The number of rotatable bonds is 7. The molecule has 1 heterocycles. The standard InChI is InChI=1S/C11H20N2O5S/c12-5-2-1-3-10(14)13(7-11(15)16)9-4-6-19(17,18)8-9/h9H,1-8,12H2,(H,15,16). The lowest BCUT2D eigenvalue weighted by atomic mass is 10.1. The van der Waals surface area contributed by atoms with Crippen molar-refractivity contribution in [3.63, 3.8) is 0 Å². The van der Waals surface area contributed by atoms with Gasteiger partial charge in [0.15, 0.2) is 9.84 Å². The fourth-order valence-corrected chi connectivity index (χ4v) is 3.88. The third-order valence-electron chi connectivity index (χ3n) is 3.12. The Bertz CT molecular complexity index is 434. The highest BCUT2D eigenvalue weighted by Gasteiger charge is 2.35. The van der Waals surface area contributed by atoms with Gasteiger partial charge in [-0.1, -0.05) is 0 Å². The molecule has 0 aliphatic carbocycles. The predicted molar refractivity (Wildman–Crippen MR) is 69.3 cm³/mol. The molecule has 110 valence electrons. The van der Waals surface area contributed by atoms with E-state index in [2.05, 4.69) is 0 Å². The summed E-state index contributed by atoms with van der Waals surface area (Å²) in [5.74, 6) is -1.55. The highest BCUT2D eigenvalue weighted by Crippen LogP contribution is 2.19. The van der Waals surface area contributed by atoms with Crippen LogP contribution in [0.15, 0.2) is 0 Å². The Morgan fingerprint density at radius 2 is 2.00 bits per heavy atom. The van der Waals surface area contributed by atoms with Crippen molar-refractivity contribution in [1.82, 2.24) is 4.90 Å². The van der Waals surface area contributed by atoms with Gasteiger partial charge in [-0.25, -0.2) is 8.42 Å². The first-order valence-electron chi connectivity index (χ1n) is 6.27. The van der Waals surface area contributed by atoms with Crippen molar-refractivity contribution in [3.05, 3.63) is 0 Å². The SMILES string of the molecule is NCCCCC(=O)N(CC(=O)O)C1CCS(=O)(=O)C1. The molecular weight excluding hydrogens is 272 g/mol. The van der Waals surface area contributed by atoms with Crippen molar-refractivity contribution in [2.45, 2.75) is 31.7 Å². The van der Waals surface area contributed by atoms with Gasteiger partial charge in [-0.15, -0.1) is 0 Å². The average molecular weight is 292 g/mol. The summed E-state index contributed by atoms with van der Waals surface area (Å²) in [6, 6.07) is -0.508. The van der Waals surface area contributed by atoms with E-state index in [0.29, 0.717) is 25.8 Å². The molecule has 0 radical (unpaired) electrons. The summed E-state index contributed by atoms with van der Waals surface area (Å²) in [5.41, 5.74) is 5.33. The topological polar surface area (TPSA) is 118 Å². The third-order valence-corrected chi connectivity index (χ3v) is 4.87. The molecule has 7 nitrogen and oxygen atoms in total. The van der Waals surface area contributed by atoms with Crippen LogP contribution >= 0.6 is 0 Å². The Labute approximate surface area is 112 Å². The number of carboxylic acid groups (broad SMARTS) is 1. The van der Waals surface area contributed by atoms with E-state index in [-0.39, 0.29) is 23.8 Å². The quantitative estimate of drug-likeness (QED) is 0.594. The highest BCUT2D eigenvalue weighted by molar-refractivity contribution is 7.91. The molecule has 0 bridgehead atoms. The van der Waals surface area contributed by atoms with Gasteiger partial charge in [0.05, 0.1) is 11.5 Å². The van der Waals surface area contributed by atoms with Gasteiger partial charge in [-0.2, -0.15) is 0 Å². The molecule has 1 aliphatic heterocycles. The number of sulfone groups is 1. The number of carbonyl (C=O) groups excluding carboxylic acids is 1. The van der Waals surface area contributed by atoms with Crippen LogP contribution in [0.25, 0.3) is 0 Å². The van der Waals surface area contributed by atoms with Crippen LogP contribution in [0.4, 0.5) is 0 Å². The Hall–Kier alpha value is -1.15. The van der Waals surface area contributed by atoms with Gasteiger partial charge in [0.25, 0.3) is 0 Å². The molecule has 1 aliphatic rings. The van der Waals surface area contributed by atoms with E-state index in [4.69, 9.17) is 10.8 Å². The molecule has 8 heteroatoms. The lowest BCUT2D eigenvalue weighted by Gasteiger charge is -2.26. The van der Waals surface area contributed by atoms with Gasteiger partial charge in [0.1, 0.15) is 6.54 Å². The van der Waals surface area contributed by atoms with E-state index in [1.165, 1.54) is 4.90 Å². The number of nitrogens with zero attached hydrogens (tertiary/aromatic N) is 1. The van der Waals surface area contributed by atoms with Crippen LogP contribution in [0.1, 0.15) is 25.7 Å². The van der Waals surface area contributed by atoms with Crippen molar-refractivity contribution in [2.24, 2.45) is 5.73 Å². The van der Waals surface area contributed by atoms with Crippen LogP contribution in [0.3, 0.4) is 0 Å². The van der Waals surface area contributed by atoms with Crippen molar-refractivity contribution >= 4 is 21.7 Å². The second-order valence-electron chi connectivity index (χ2n) is 4.72. The summed E-state index contributed by atoms with van der Waals surface area (Å²) in [6.45, 7) is 0.0334. The molecule has 1 atom stereocenters. The monoisotopic (exact) mass is 292 g/mol. The molecule has 0 saturated carbocycles. The van der Waals surface area contributed by atoms with Crippen LogP contribution in [0, 0.1) is 0 Å². The van der Waals surface area contributed by atoms with E-state index in [0.717, 1.165) is 0 Å².